The predicted octanol–water partition coefficient (Wildman–Crippen LogP) is 2.75. The molecule has 0 unspecified atom stereocenters. The first-order valence-electron chi connectivity index (χ1n) is 11.5. The van der Waals surface area contributed by atoms with Gasteiger partial charge in [0.2, 0.25) is 0 Å². The van der Waals surface area contributed by atoms with Crippen LogP contribution in [0.25, 0.3) is 10.8 Å². The van der Waals surface area contributed by atoms with Gasteiger partial charge >= 0.3 is 0 Å². The van der Waals surface area contributed by atoms with Crippen molar-refractivity contribution in [2.75, 3.05) is 47.1 Å². The number of nitrogens with one attached hydrogen (secondary N) is 1. The molecule has 1 heterocycles. The van der Waals surface area contributed by atoms with Gasteiger partial charge < -0.3 is 29.2 Å². The quantitative estimate of drug-likeness (QED) is 0.540. The van der Waals surface area contributed by atoms with Crippen LogP contribution in [0, 0.1) is 0 Å². The van der Waals surface area contributed by atoms with Gasteiger partial charge in [0, 0.05) is 58.3 Å². The largest absolute Gasteiger partial charge is 0.493 e. The SMILES string of the molecule is COCCCOc1cc(CN(C(=O)[C@H]2CNC[C@@H](COC)O2)C2CC2)cc2ccccc12. The number of fused-ring (bicyclic) bond motifs is 1. The minimum absolute atomic E-state index is 0.0523. The Morgan fingerprint density at radius 1 is 1.12 bits per heavy atom. The number of morpholine rings is 1. The fourth-order valence-corrected chi connectivity index (χ4v) is 4.22. The van der Waals surface area contributed by atoms with Gasteiger partial charge in [-0.1, -0.05) is 24.3 Å². The lowest BCUT2D eigenvalue weighted by Gasteiger charge is -2.33. The van der Waals surface area contributed by atoms with Crippen molar-refractivity contribution in [3.8, 4) is 5.75 Å². The van der Waals surface area contributed by atoms with Gasteiger partial charge in [0.25, 0.3) is 5.91 Å². The van der Waals surface area contributed by atoms with E-state index in [2.05, 4.69) is 29.6 Å². The number of benzene rings is 2. The number of methoxy groups -OCH3 is 2. The van der Waals surface area contributed by atoms with E-state index in [-0.39, 0.29) is 18.1 Å². The van der Waals surface area contributed by atoms with Crippen LogP contribution < -0.4 is 10.1 Å². The van der Waals surface area contributed by atoms with Gasteiger partial charge in [0.15, 0.2) is 0 Å². The Labute approximate surface area is 190 Å². The molecule has 1 saturated heterocycles. The molecule has 0 bridgehead atoms. The summed E-state index contributed by atoms with van der Waals surface area (Å²) in [6.45, 7) is 3.53. The lowest BCUT2D eigenvalue weighted by molar-refractivity contribution is -0.154. The van der Waals surface area contributed by atoms with E-state index >= 15 is 0 Å². The number of carbonyl (C=O) groups is 1. The molecule has 1 aliphatic heterocycles. The third kappa shape index (κ3) is 5.78. The van der Waals surface area contributed by atoms with E-state index in [0.29, 0.717) is 39.5 Å². The Kier molecular flexibility index (Phi) is 7.97. The highest BCUT2D eigenvalue weighted by Crippen LogP contribution is 2.33. The molecule has 7 heteroatoms. The molecule has 1 amide bonds. The van der Waals surface area contributed by atoms with E-state index in [1.807, 2.05) is 17.0 Å². The third-order valence-corrected chi connectivity index (χ3v) is 5.94. The van der Waals surface area contributed by atoms with Crippen molar-refractivity contribution in [1.82, 2.24) is 10.2 Å². The zero-order chi connectivity index (χ0) is 22.3. The Morgan fingerprint density at radius 3 is 2.75 bits per heavy atom. The molecular formula is C25H34N2O5. The maximum atomic E-state index is 13.4. The van der Waals surface area contributed by atoms with Crippen molar-refractivity contribution < 1.29 is 23.7 Å². The van der Waals surface area contributed by atoms with Crippen LogP contribution in [0.2, 0.25) is 0 Å². The maximum Gasteiger partial charge on any atom is 0.253 e. The van der Waals surface area contributed by atoms with Crippen molar-refractivity contribution in [2.24, 2.45) is 0 Å². The number of hydrogen-bond acceptors (Lipinski definition) is 6. The summed E-state index contributed by atoms with van der Waals surface area (Å²) in [4.78, 5) is 15.4. The summed E-state index contributed by atoms with van der Waals surface area (Å²) in [5, 5.41) is 5.51. The maximum absolute atomic E-state index is 13.4. The van der Waals surface area contributed by atoms with Gasteiger partial charge in [-0.05, 0) is 35.9 Å². The first-order valence-corrected chi connectivity index (χ1v) is 11.5. The number of carbonyl (C=O) groups excluding carboxylic acids is 1. The number of ether oxygens (including phenoxy) is 4. The minimum Gasteiger partial charge on any atom is -0.493 e. The van der Waals surface area contributed by atoms with Crippen LogP contribution in [-0.4, -0.2) is 76.2 Å². The van der Waals surface area contributed by atoms with Crippen LogP contribution in [0.3, 0.4) is 0 Å². The lowest BCUT2D eigenvalue weighted by Crippen LogP contribution is -2.53. The molecule has 2 fully saturated rings. The summed E-state index contributed by atoms with van der Waals surface area (Å²) in [7, 11) is 3.35. The Hall–Kier alpha value is -2.19. The fraction of sp³-hybridized carbons (Fsp3) is 0.560. The minimum atomic E-state index is -0.477. The van der Waals surface area contributed by atoms with Crippen LogP contribution in [0.5, 0.6) is 5.75 Å². The molecule has 2 atom stereocenters. The summed E-state index contributed by atoms with van der Waals surface area (Å²) in [5.74, 6) is 0.907. The summed E-state index contributed by atoms with van der Waals surface area (Å²) in [5.41, 5.74) is 1.07. The zero-order valence-corrected chi connectivity index (χ0v) is 19.0. The summed E-state index contributed by atoms with van der Waals surface area (Å²) < 4.78 is 22.5. The van der Waals surface area contributed by atoms with Crippen LogP contribution in [0.15, 0.2) is 36.4 Å². The highest BCUT2D eigenvalue weighted by atomic mass is 16.5. The van der Waals surface area contributed by atoms with Gasteiger partial charge in [-0.15, -0.1) is 0 Å². The van der Waals surface area contributed by atoms with E-state index < -0.39 is 6.10 Å². The van der Waals surface area contributed by atoms with Crippen LogP contribution in [0.4, 0.5) is 0 Å². The molecular weight excluding hydrogens is 408 g/mol. The molecule has 4 rings (SSSR count). The molecule has 174 valence electrons. The molecule has 7 nitrogen and oxygen atoms in total. The van der Waals surface area contributed by atoms with Crippen molar-refractivity contribution in [3.05, 3.63) is 42.0 Å². The summed E-state index contributed by atoms with van der Waals surface area (Å²) in [6, 6.07) is 12.7. The normalized spacial score (nSPS) is 20.9. The van der Waals surface area contributed by atoms with Crippen molar-refractivity contribution in [3.63, 3.8) is 0 Å². The second kappa shape index (κ2) is 11.1. The topological polar surface area (TPSA) is 69.3 Å². The molecule has 32 heavy (non-hydrogen) atoms. The third-order valence-electron chi connectivity index (χ3n) is 5.94. The number of rotatable bonds is 11. The molecule has 0 aromatic heterocycles. The fourth-order valence-electron chi connectivity index (χ4n) is 4.22. The number of hydrogen-bond donors (Lipinski definition) is 1. The van der Waals surface area contributed by atoms with E-state index in [4.69, 9.17) is 18.9 Å². The van der Waals surface area contributed by atoms with Gasteiger partial charge in [0.1, 0.15) is 11.9 Å². The van der Waals surface area contributed by atoms with Crippen LogP contribution in [0.1, 0.15) is 24.8 Å². The second-order valence-electron chi connectivity index (χ2n) is 8.57. The summed E-state index contributed by atoms with van der Waals surface area (Å²) in [6.07, 6.45) is 2.34. The van der Waals surface area contributed by atoms with Gasteiger partial charge in [-0.3, -0.25) is 4.79 Å². The average molecular weight is 443 g/mol. The zero-order valence-electron chi connectivity index (χ0n) is 19.0. The molecule has 1 saturated carbocycles. The van der Waals surface area contributed by atoms with E-state index in [0.717, 1.165) is 41.3 Å². The first kappa shape index (κ1) is 23.0. The highest BCUT2D eigenvalue weighted by Gasteiger charge is 2.38. The van der Waals surface area contributed by atoms with E-state index in [1.165, 1.54) is 0 Å². The van der Waals surface area contributed by atoms with Crippen molar-refractivity contribution >= 4 is 16.7 Å². The molecule has 2 aromatic carbocycles. The second-order valence-corrected chi connectivity index (χ2v) is 8.57. The molecule has 2 aromatic rings. The van der Waals surface area contributed by atoms with Gasteiger partial charge in [-0.2, -0.15) is 0 Å². The standard InChI is InChI=1S/C25H34N2O5/c1-29-10-5-11-31-23-13-18(12-19-6-3-4-7-22(19)23)16-27(20-8-9-20)25(28)24-15-26-14-21(32-24)17-30-2/h3-4,6-7,12-13,20-21,24,26H,5,8-11,14-17H2,1-2H3/t21-,24+/m0/s1. The molecule has 1 aliphatic carbocycles. The van der Waals surface area contributed by atoms with Crippen LogP contribution >= 0.6 is 0 Å². The Morgan fingerprint density at radius 2 is 1.97 bits per heavy atom. The molecule has 0 spiro atoms. The monoisotopic (exact) mass is 442 g/mol. The smallest absolute Gasteiger partial charge is 0.253 e. The predicted molar refractivity (Wildman–Crippen MR) is 123 cm³/mol. The first-order chi connectivity index (χ1) is 15.7. The highest BCUT2D eigenvalue weighted by molar-refractivity contribution is 5.89. The average Bonchev–Trinajstić information content (AvgIpc) is 3.65. The number of nitrogens with zero attached hydrogens (tertiary/aromatic N) is 1. The Bertz CT molecular complexity index is 899. The van der Waals surface area contributed by atoms with Gasteiger partial charge in [0.05, 0.1) is 19.3 Å². The van der Waals surface area contributed by atoms with E-state index in [9.17, 15) is 4.79 Å². The Balaban J connectivity index is 1.51. The molecule has 0 radical (unpaired) electrons. The van der Waals surface area contributed by atoms with Crippen molar-refractivity contribution in [2.45, 2.75) is 44.1 Å². The van der Waals surface area contributed by atoms with Crippen LogP contribution in [-0.2, 0) is 25.5 Å². The molecule has 1 N–H and O–H groups in total. The van der Waals surface area contributed by atoms with Gasteiger partial charge in [-0.25, -0.2) is 0 Å². The number of amides is 1. The van der Waals surface area contributed by atoms with E-state index in [1.54, 1.807) is 14.2 Å². The molecule has 2 aliphatic rings. The lowest BCUT2D eigenvalue weighted by atomic mass is 10.0. The summed E-state index contributed by atoms with van der Waals surface area (Å²) >= 11 is 0. The van der Waals surface area contributed by atoms with Crippen molar-refractivity contribution in [1.29, 1.82) is 0 Å².